The fourth-order valence-corrected chi connectivity index (χ4v) is 1.89. The van der Waals surface area contributed by atoms with Gasteiger partial charge < -0.3 is 10.0 Å². The molecule has 0 aliphatic carbocycles. The molecule has 0 bridgehead atoms. The highest BCUT2D eigenvalue weighted by atomic mass is 16.4. The number of nitrogens with one attached hydrogen (secondary N) is 1. The summed E-state index contributed by atoms with van der Waals surface area (Å²) < 4.78 is 0. The first-order valence-electron chi connectivity index (χ1n) is 7.38. The van der Waals surface area contributed by atoms with Crippen LogP contribution in [0.3, 0.4) is 0 Å². The van der Waals surface area contributed by atoms with Gasteiger partial charge in [0.1, 0.15) is 5.54 Å². The fourth-order valence-electron chi connectivity index (χ4n) is 1.89. The molecular weight excluding hydrogens is 256 g/mol. The number of carbonyl (C=O) groups excluding carboxylic acids is 1. The highest BCUT2D eigenvalue weighted by Gasteiger charge is 2.31. The summed E-state index contributed by atoms with van der Waals surface area (Å²) in [6.45, 7) is 13.2. The van der Waals surface area contributed by atoms with Crippen molar-refractivity contribution in [1.82, 2.24) is 10.2 Å². The number of hydrogen-bond acceptors (Lipinski definition) is 3. The summed E-state index contributed by atoms with van der Waals surface area (Å²) in [7, 11) is 0. The average molecular weight is 286 g/mol. The Bertz CT molecular complexity index is 319. The van der Waals surface area contributed by atoms with E-state index in [2.05, 4.69) is 33.0 Å². The molecule has 1 amide bonds. The van der Waals surface area contributed by atoms with Crippen molar-refractivity contribution >= 4 is 11.9 Å². The van der Waals surface area contributed by atoms with Gasteiger partial charge in [-0.3, -0.25) is 14.9 Å². The molecule has 0 radical (unpaired) electrons. The Morgan fingerprint density at radius 3 is 1.90 bits per heavy atom. The summed E-state index contributed by atoms with van der Waals surface area (Å²) in [4.78, 5) is 25.3. The van der Waals surface area contributed by atoms with E-state index in [1.165, 1.54) is 0 Å². The van der Waals surface area contributed by atoms with Crippen molar-refractivity contribution < 1.29 is 14.7 Å². The Morgan fingerprint density at radius 2 is 1.60 bits per heavy atom. The molecule has 0 aliphatic rings. The number of nitrogens with zero attached hydrogens (tertiary/aromatic N) is 1. The van der Waals surface area contributed by atoms with Crippen LogP contribution in [0.2, 0.25) is 0 Å². The maximum atomic E-state index is 12.3. The van der Waals surface area contributed by atoms with E-state index in [-0.39, 0.29) is 12.5 Å². The molecule has 0 aromatic heterocycles. The van der Waals surface area contributed by atoms with Gasteiger partial charge in [-0.05, 0) is 25.2 Å². The molecule has 0 saturated heterocycles. The number of carboxylic acids is 1. The lowest BCUT2D eigenvalue weighted by molar-refractivity contribution is -0.144. The molecule has 0 spiro atoms. The SMILES string of the molecule is CCC(C)(NCC(=O)N(CC(C)C)CC(C)C)C(=O)O. The van der Waals surface area contributed by atoms with Crippen LogP contribution in [0, 0.1) is 11.8 Å². The number of carbonyl (C=O) groups is 2. The van der Waals surface area contributed by atoms with Crippen molar-refractivity contribution in [2.45, 2.75) is 53.5 Å². The summed E-state index contributed by atoms with van der Waals surface area (Å²) in [5, 5.41) is 12.1. The zero-order valence-electron chi connectivity index (χ0n) is 13.7. The number of aliphatic carboxylic acids is 1. The highest BCUT2D eigenvalue weighted by Crippen LogP contribution is 2.10. The van der Waals surface area contributed by atoms with Crippen LogP contribution in [0.5, 0.6) is 0 Å². The van der Waals surface area contributed by atoms with Crippen molar-refractivity contribution in [2.24, 2.45) is 11.8 Å². The number of rotatable bonds is 9. The summed E-state index contributed by atoms with van der Waals surface area (Å²) in [6.07, 6.45) is 0.434. The second-order valence-electron chi connectivity index (χ2n) is 6.43. The van der Waals surface area contributed by atoms with E-state index in [0.717, 1.165) is 0 Å². The molecule has 0 aromatic rings. The maximum Gasteiger partial charge on any atom is 0.323 e. The third kappa shape index (κ3) is 6.37. The van der Waals surface area contributed by atoms with E-state index in [1.54, 1.807) is 13.8 Å². The largest absolute Gasteiger partial charge is 0.480 e. The molecule has 0 saturated carbocycles. The fraction of sp³-hybridized carbons (Fsp3) is 0.867. The first kappa shape index (κ1) is 18.9. The van der Waals surface area contributed by atoms with Crippen LogP contribution in [-0.4, -0.2) is 47.1 Å². The van der Waals surface area contributed by atoms with Crippen LogP contribution in [0.4, 0.5) is 0 Å². The van der Waals surface area contributed by atoms with E-state index >= 15 is 0 Å². The van der Waals surface area contributed by atoms with Crippen molar-refractivity contribution in [1.29, 1.82) is 0 Å². The Hall–Kier alpha value is -1.10. The van der Waals surface area contributed by atoms with Crippen molar-refractivity contribution in [3.8, 4) is 0 Å². The van der Waals surface area contributed by atoms with Gasteiger partial charge in [0.2, 0.25) is 5.91 Å². The molecule has 5 nitrogen and oxygen atoms in total. The van der Waals surface area contributed by atoms with E-state index in [4.69, 9.17) is 0 Å². The highest BCUT2D eigenvalue weighted by molar-refractivity contribution is 5.82. The van der Waals surface area contributed by atoms with Gasteiger partial charge in [0.25, 0.3) is 0 Å². The average Bonchev–Trinajstić information content (AvgIpc) is 2.33. The van der Waals surface area contributed by atoms with Crippen LogP contribution < -0.4 is 5.32 Å². The lowest BCUT2D eigenvalue weighted by Crippen LogP contribution is -2.53. The zero-order valence-corrected chi connectivity index (χ0v) is 13.7. The Kier molecular flexibility index (Phi) is 7.79. The van der Waals surface area contributed by atoms with Crippen LogP contribution in [0.1, 0.15) is 48.0 Å². The molecule has 0 heterocycles. The van der Waals surface area contributed by atoms with E-state index < -0.39 is 11.5 Å². The van der Waals surface area contributed by atoms with Crippen molar-refractivity contribution in [3.05, 3.63) is 0 Å². The number of amides is 1. The van der Waals surface area contributed by atoms with Gasteiger partial charge >= 0.3 is 5.97 Å². The summed E-state index contributed by atoms with van der Waals surface area (Å²) in [5.74, 6) is -0.162. The molecule has 2 N–H and O–H groups in total. The standard InChI is InChI=1S/C15H30N2O3/c1-7-15(6,14(19)20)16-8-13(18)17(9-11(2)3)10-12(4)5/h11-12,16H,7-10H2,1-6H3,(H,19,20). The van der Waals surface area contributed by atoms with Crippen molar-refractivity contribution in [2.75, 3.05) is 19.6 Å². The normalized spacial score (nSPS) is 14.4. The predicted octanol–water partition coefficient (Wildman–Crippen LogP) is 1.97. The zero-order chi connectivity index (χ0) is 15.9. The van der Waals surface area contributed by atoms with Crippen LogP contribution in [0.25, 0.3) is 0 Å². The van der Waals surface area contributed by atoms with Gasteiger partial charge in [-0.2, -0.15) is 0 Å². The lowest BCUT2D eigenvalue weighted by Gasteiger charge is -2.29. The summed E-state index contributed by atoms with van der Waals surface area (Å²) in [5.41, 5.74) is -1.04. The molecule has 0 fully saturated rings. The molecule has 0 aliphatic heterocycles. The minimum absolute atomic E-state index is 0.0340. The Labute approximate surface area is 122 Å². The third-order valence-corrected chi connectivity index (χ3v) is 3.33. The number of hydrogen-bond donors (Lipinski definition) is 2. The maximum absolute atomic E-state index is 12.3. The van der Waals surface area contributed by atoms with Crippen LogP contribution >= 0.6 is 0 Å². The number of carboxylic acid groups (broad SMARTS) is 1. The second kappa shape index (κ2) is 8.25. The monoisotopic (exact) mass is 286 g/mol. The molecule has 0 aromatic carbocycles. The van der Waals surface area contributed by atoms with E-state index in [0.29, 0.717) is 31.3 Å². The minimum Gasteiger partial charge on any atom is -0.480 e. The summed E-state index contributed by atoms with van der Waals surface area (Å²) in [6, 6.07) is 0. The molecule has 1 atom stereocenters. The van der Waals surface area contributed by atoms with Gasteiger partial charge in [-0.25, -0.2) is 0 Å². The summed E-state index contributed by atoms with van der Waals surface area (Å²) >= 11 is 0. The van der Waals surface area contributed by atoms with E-state index in [1.807, 2.05) is 4.90 Å². The Balaban J connectivity index is 4.63. The molecule has 20 heavy (non-hydrogen) atoms. The smallest absolute Gasteiger partial charge is 0.323 e. The molecule has 5 heteroatoms. The Morgan fingerprint density at radius 1 is 1.15 bits per heavy atom. The first-order valence-corrected chi connectivity index (χ1v) is 7.38. The lowest BCUT2D eigenvalue weighted by atomic mass is 9.99. The topological polar surface area (TPSA) is 69.6 Å². The van der Waals surface area contributed by atoms with Crippen LogP contribution in [-0.2, 0) is 9.59 Å². The van der Waals surface area contributed by atoms with Gasteiger partial charge in [0.05, 0.1) is 6.54 Å². The third-order valence-electron chi connectivity index (χ3n) is 3.33. The van der Waals surface area contributed by atoms with Crippen LogP contribution in [0.15, 0.2) is 0 Å². The first-order chi connectivity index (χ1) is 9.12. The van der Waals surface area contributed by atoms with Gasteiger partial charge in [-0.15, -0.1) is 0 Å². The molecule has 0 rings (SSSR count). The second-order valence-corrected chi connectivity index (χ2v) is 6.43. The van der Waals surface area contributed by atoms with Gasteiger partial charge in [0.15, 0.2) is 0 Å². The van der Waals surface area contributed by atoms with E-state index in [9.17, 15) is 14.7 Å². The molecule has 1 unspecified atom stereocenters. The van der Waals surface area contributed by atoms with Crippen molar-refractivity contribution in [3.63, 3.8) is 0 Å². The minimum atomic E-state index is -1.04. The molecule has 118 valence electrons. The van der Waals surface area contributed by atoms with Gasteiger partial charge in [0, 0.05) is 13.1 Å². The quantitative estimate of drug-likeness (QED) is 0.680. The molecular formula is C15H30N2O3. The predicted molar refractivity (Wildman–Crippen MR) is 80.6 cm³/mol. The van der Waals surface area contributed by atoms with Gasteiger partial charge in [-0.1, -0.05) is 34.6 Å².